The zero-order valence-corrected chi connectivity index (χ0v) is 16.0. The maximum Gasteiger partial charge on any atom is 0.355 e. The van der Waals surface area contributed by atoms with E-state index in [1.54, 1.807) is 0 Å². The van der Waals surface area contributed by atoms with E-state index >= 15 is 0 Å². The molecule has 0 atom stereocenters. The molecule has 0 unspecified atom stereocenters. The third-order valence-corrected chi connectivity index (χ3v) is 4.20. The van der Waals surface area contributed by atoms with E-state index in [-0.39, 0.29) is 28.1 Å². The normalized spacial score (nSPS) is 13.2. The van der Waals surface area contributed by atoms with E-state index in [0.29, 0.717) is 0 Å². The second-order valence-electron chi connectivity index (χ2n) is 5.87. The van der Waals surface area contributed by atoms with Gasteiger partial charge in [0.05, 0.1) is 29.6 Å². The zero-order valence-electron chi connectivity index (χ0n) is 16.0. The number of rotatable bonds is 5. The van der Waals surface area contributed by atoms with Crippen molar-refractivity contribution in [1.29, 1.82) is 0 Å². The molecule has 152 valence electrons. The number of benzene rings is 1. The van der Waals surface area contributed by atoms with Crippen molar-refractivity contribution in [3.63, 3.8) is 0 Å². The van der Waals surface area contributed by atoms with Crippen LogP contribution in [-0.4, -0.2) is 36.0 Å². The van der Waals surface area contributed by atoms with Crippen molar-refractivity contribution in [2.24, 2.45) is 0 Å². The molecule has 1 aliphatic heterocycles. The summed E-state index contributed by atoms with van der Waals surface area (Å²) in [4.78, 5) is 47.4. The Morgan fingerprint density at radius 1 is 1.00 bits per heavy atom. The summed E-state index contributed by atoms with van der Waals surface area (Å²) in [5, 5.41) is 23.1. The van der Waals surface area contributed by atoms with Gasteiger partial charge in [0.1, 0.15) is 16.9 Å². The van der Waals surface area contributed by atoms with Crippen LogP contribution in [0.5, 0.6) is 0 Å². The lowest BCUT2D eigenvalue weighted by Gasteiger charge is -2.24. The first-order chi connectivity index (χ1) is 13.6. The lowest BCUT2D eigenvalue weighted by atomic mass is 10.0. The van der Waals surface area contributed by atoms with Crippen LogP contribution in [0.3, 0.4) is 0 Å². The fourth-order valence-electron chi connectivity index (χ4n) is 2.92. The van der Waals surface area contributed by atoms with Gasteiger partial charge in [-0.15, -0.1) is 0 Å². The molecule has 1 heterocycles. The Hall–Kier alpha value is -4.02. The monoisotopic (exact) mass is 403 g/mol. The number of ether oxygens (including phenoxy) is 2. The number of methoxy groups -OCH3 is 2. The molecular formula is C18H17N3O8. The van der Waals surface area contributed by atoms with Crippen LogP contribution >= 0.6 is 0 Å². The fourth-order valence-corrected chi connectivity index (χ4v) is 2.92. The van der Waals surface area contributed by atoms with E-state index < -0.39 is 33.2 Å². The van der Waals surface area contributed by atoms with E-state index in [2.05, 4.69) is 0 Å². The number of carbonyl (C=O) groups is 2. The van der Waals surface area contributed by atoms with Crippen LogP contribution in [-0.2, 0) is 19.1 Å². The van der Waals surface area contributed by atoms with E-state index in [0.717, 1.165) is 25.2 Å². The summed E-state index contributed by atoms with van der Waals surface area (Å²) in [7, 11) is 2.20. The Bertz CT molecular complexity index is 1010. The highest BCUT2D eigenvalue weighted by Gasteiger charge is 2.35. The molecule has 11 heteroatoms. The van der Waals surface area contributed by atoms with Crippen LogP contribution in [0.25, 0.3) is 0 Å². The van der Waals surface area contributed by atoms with Crippen LogP contribution in [0.15, 0.2) is 41.8 Å². The second-order valence-corrected chi connectivity index (χ2v) is 5.87. The number of hydrogen-bond acceptors (Lipinski definition) is 9. The Kier molecular flexibility index (Phi) is 6.12. The summed E-state index contributed by atoms with van der Waals surface area (Å²) in [6.07, 6.45) is 5.50. The maximum absolute atomic E-state index is 12.5. The Balaban J connectivity index is 2.95. The van der Waals surface area contributed by atoms with Gasteiger partial charge in [-0.25, -0.2) is 9.59 Å². The molecule has 0 fully saturated rings. The van der Waals surface area contributed by atoms with Gasteiger partial charge < -0.3 is 14.4 Å². The highest BCUT2D eigenvalue weighted by molar-refractivity contribution is 6.06. The molecule has 29 heavy (non-hydrogen) atoms. The summed E-state index contributed by atoms with van der Waals surface area (Å²) in [6, 6.07) is 1.16. The minimum absolute atomic E-state index is 0.111. The van der Waals surface area contributed by atoms with Gasteiger partial charge in [-0.1, -0.05) is 6.08 Å². The minimum Gasteiger partial charge on any atom is -0.465 e. The van der Waals surface area contributed by atoms with E-state index in [4.69, 9.17) is 9.47 Å². The average molecular weight is 403 g/mol. The summed E-state index contributed by atoms with van der Waals surface area (Å²) in [5.74, 6) is -1.82. The number of esters is 2. The van der Waals surface area contributed by atoms with Crippen LogP contribution in [0, 0.1) is 34.1 Å². The summed E-state index contributed by atoms with van der Waals surface area (Å²) >= 11 is 0. The summed E-state index contributed by atoms with van der Waals surface area (Å²) in [6.45, 7) is 2.66. The molecule has 0 aliphatic carbocycles. The van der Waals surface area contributed by atoms with Crippen molar-refractivity contribution in [2.75, 3.05) is 19.1 Å². The topological polar surface area (TPSA) is 142 Å². The predicted octanol–water partition coefficient (Wildman–Crippen LogP) is 2.61. The first kappa shape index (κ1) is 21.3. The number of hydrogen-bond donors (Lipinski definition) is 0. The molecule has 0 spiro atoms. The molecular weight excluding hydrogens is 386 g/mol. The van der Waals surface area contributed by atoms with Gasteiger partial charge in [-0.3, -0.25) is 20.2 Å². The van der Waals surface area contributed by atoms with Gasteiger partial charge in [0, 0.05) is 12.3 Å². The van der Waals surface area contributed by atoms with E-state index in [9.17, 15) is 29.8 Å². The SMILES string of the molecule is COC(=O)C1=C(C(=O)OC)N(c2c(C)cc([N+](=O)[O-])c(C)c2[N+](=O)[O-])C=CC=C1. The molecule has 1 aromatic rings. The summed E-state index contributed by atoms with van der Waals surface area (Å²) in [5.41, 5.74) is -1.71. The number of nitro groups is 2. The molecule has 1 aliphatic rings. The molecule has 0 saturated carbocycles. The molecule has 0 N–H and O–H groups in total. The Morgan fingerprint density at radius 3 is 2.14 bits per heavy atom. The van der Waals surface area contributed by atoms with Crippen molar-refractivity contribution >= 4 is 29.0 Å². The zero-order chi connectivity index (χ0) is 21.9. The third kappa shape index (κ3) is 3.83. The van der Waals surface area contributed by atoms with Crippen molar-refractivity contribution in [2.45, 2.75) is 13.8 Å². The number of anilines is 1. The van der Waals surface area contributed by atoms with E-state index in [1.165, 1.54) is 38.3 Å². The smallest absolute Gasteiger partial charge is 0.355 e. The molecule has 11 nitrogen and oxygen atoms in total. The second kappa shape index (κ2) is 8.33. The number of nitrogens with zero attached hydrogens (tertiary/aromatic N) is 3. The minimum atomic E-state index is -0.952. The van der Waals surface area contributed by atoms with Crippen LogP contribution in [0.2, 0.25) is 0 Å². The van der Waals surface area contributed by atoms with E-state index in [1.807, 2.05) is 0 Å². The predicted molar refractivity (Wildman–Crippen MR) is 101 cm³/mol. The molecule has 0 saturated heterocycles. The van der Waals surface area contributed by atoms with Crippen LogP contribution in [0.4, 0.5) is 17.1 Å². The molecule has 1 aromatic carbocycles. The van der Waals surface area contributed by atoms with Gasteiger partial charge >= 0.3 is 17.6 Å². The fraction of sp³-hybridized carbons (Fsp3) is 0.222. The quantitative estimate of drug-likeness (QED) is 0.412. The molecule has 2 rings (SSSR count). The highest BCUT2D eigenvalue weighted by Crippen LogP contribution is 2.42. The van der Waals surface area contributed by atoms with Gasteiger partial charge in [0.2, 0.25) is 0 Å². The number of aryl methyl sites for hydroxylation is 1. The van der Waals surface area contributed by atoms with Crippen molar-refractivity contribution in [1.82, 2.24) is 0 Å². The average Bonchev–Trinajstić information content (AvgIpc) is 2.90. The maximum atomic E-state index is 12.5. The number of allylic oxidation sites excluding steroid dienone is 2. The van der Waals surface area contributed by atoms with Gasteiger partial charge in [-0.05, 0) is 31.6 Å². The lowest BCUT2D eigenvalue weighted by molar-refractivity contribution is -0.394. The molecule has 0 bridgehead atoms. The van der Waals surface area contributed by atoms with Crippen LogP contribution in [0.1, 0.15) is 11.1 Å². The molecule has 0 aromatic heterocycles. The first-order valence-corrected chi connectivity index (χ1v) is 8.13. The Labute approximate surface area is 164 Å². The summed E-state index contributed by atoms with van der Waals surface area (Å²) < 4.78 is 9.47. The molecule has 0 radical (unpaired) electrons. The third-order valence-electron chi connectivity index (χ3n) is 4.20. The lowest BCUT2D eigenvalue weighted by Crippen LogP contribution is -2.28. The first-order valence-electron chi connectivity index (χ1n) is 8.13. The van der Waals surface area contributed by atoms with Crippen molar-refractivity contribution < 1.29 is 28.9 Å². The van der Waals surface area contributed by atoms with Crippen LogP contribution < -0.4 is 4.90 Å². The highest BCUT2D eigenvalue weighted by atomic mass is 16.6. The van der Waals surface area contributed by atoms with Gasteiger partial charge in [0.25, 0.3) is 5.69 Å². The standard InChI is InChI=1S/C18H17N3O8/c1-10-9-13(20(24)25)11(2)15(21(26)27)14(10)19-8-6-5-7-12(17(22)28-3)16(19)18(23)29-4/h5-9H,1-4H3. The van der Waals surface area contributed by atoms with Gasteiger partial charge in [0.15, 0.2) is 0 Å². The molecule has 0 amide bonds. The van der Waals surface area contributed by atoms with Crippen molar-refractivity contribution in [3.05, 3.63) is 73.1 Å². The van der Waals surface area contributed by atoms with Crippen molar-refractivity contribution in [3.8, 4) is 0 Å². The number of nitro benzene ring substituents is 2. The van der Waals surface area contributed by atoms with Gasteiger partial charge in [-0.2, -0.15) is 0 Å². The largest absolute Gasteiger partial charge is 0.465 e. The number of carbonyl (C=O) groups excluding carboxylic acids is 2. The Morgan fingerprint density at radius 2 is 1.62 bits per heavy atom.